The largest absolute Gasteiger partial charge is 0.474 e. The van der Waals surface area contributed by atoms with Crippen LogP contribution in [0.3, 0.4) is 0 Å². The Labute approximate surface area is 194 Å². The number of aromatic nitrogens is 2. The number of carbonyl (C=O) groups excluding carboxylic acids is 1. The summed E-state index contributed by atoms with van der Waals surface area (Å²) < 4.78 is 12.0. The van der Waals surface area contributed by atoms with Crippen molar-refractivity contribution in [3.05, 3.63) is 16.8 Å². The third-order valence-corrected chi connectivity index (χ3v) is 7.68. The van der Waals surface area contributed by atoms with E-state index in [1.807, 2.05) is 32.6 Å². The van der Waals surface area contributed by atoms with Crippen molar-refractivity contribution in [2.24, 2.45) is 0 Å². The normalized spacial score (nSPS) is 23.2. The molecule has 0 bridgehead atoms. The number of aryl methyl sites for hydroxylation is 1. The fourth-order valence-electron chi connectivity index (χ4n) is 5.06. The number of nitrogens with zero attached hydrogens (tertiary/aromatic N) is 3. The van der Waals surface area contributed by atoms with E-state index in [-0.39, 0.29) is 24.8 Å². The Bertz CT molecular complexity index is 947. The van der Waals surface area contributed by atoms with E-state index in [0.29, 0.717) is 18.3 Å². The molecule has 8 heteroatoms. The summed E-state index contributed by atoms with van der Waals surface area (Å²) in [6.45, 7) is 8.55. The minimum Gasteiger partial charge on any atom is -0.474 e. The lowest BCUT2D eigenvalue weighted by atomic mass is 9.92. The van der Waals surface area contributed by atoms with Crippen LogP contribution in [0.1, 0.15) is 82.6 Å². The molecule has 32 heavy (non-hydrogen) atoms. The van der Waals surface area contributed by atoms with Crippen molar-refractivity contribution < 1.29 is 19.4 Å². The molecule has 4 rings (SSSR count). The van der Waals surface area contributed by atoms with Gasteiger partial charge in [0.15, 0.2) is 0 Å². The molecule has 0 aromatic carbocycles. The van der Waals surface area contributed by atoms with Gasteiger partial charge < -0.3 is 19.5 Å². The molecule has 2 aromatic rings. The van der Waals surface area contributed by atoms with Gasteiger partial charge >= 0.3 is 6.09 Å². The fraction of sp³-hybridized carbons (Fsp3) is 0.708. The molecule has 2 aromatic heterocycles. The number of hydrogen-bond acceptors (Lipinski definition) is 7. The maximum absolute atomic E-state index is 12.6. The van der Waals surface area contributed by atoms with Crippen LogP contribution < -0.4 is 4.74 Å². The molecule has 2 aliphatic carbocycles. The van der Waals surface area contributed by atoms with E-state index in [2.05, 4.69) is 9.97 Å². The van der Waals surface area contributed by atoms with Crippen molar-refractivity contribution in [2.75, 3.05) is 13.2 Å². The second-order valence-electron chi connectivity index (χ2n) is 9.86. The fourth-order valence-corrected chi connectivity index (χ4v) is 6.29. The molecule has 1 amide bonds. The summed E-state index contributed by atoms with van der Waals surface area (Å²) in [6, 6.07) is 0.180. The van der Waals surface area contributed by atoms with Crippen molar-refractivity contribution in [3.63, 3.8) is 0 Å². The lowest BCUT2D eigenvalue weighted by Crippen LogP contribution is -2.45. The van der Waals surface area contributed by atoms with Crippen LogP contribution in [-0.2, 0) is 11.2 Å². The maximum atomic E-state index is 12.6. The van der Waals surface area contributed by atoms with Gasteiger partial charge in [0.2, 0.25) is 5.88 Å². The topological polar surface area (TPSA) is 84.8 Å². The smallest absolute Gasteiger partial charge is 0.410 e. The van der Waals surface area contributed by atoms with Gasteiger partial charge in [-0.1, -0.05) is 0 Å². The average Bonchev–Trinajstić information content (AvgIpc) is 3.29. The second kappa shape index (κ2) is 9.51. The standard InChI is InChI=1S/C24H35N3O4S/c1-5-27(23(29)31-24(2,3)4)16-7-9-17(10-8-16)30-21-20-19-15(12-13-28)6-11-18(19)32-22(20)26-14-25-21/h14-17,28H,5-13H2,1-4H3/t15-,16-,17-/m1/s1. The summed E-state index contributed by atoms with van der Waals surface area (Å²) in [5, 5.41) is 10.5. The van der Waals surface area contributed by atoms with Gasteiger partial charge in [0.25, 0.3) is 0 Å². The Balaban J connectivity index is 1.44. The summed E-state index contributed by atoms with van der Waals surface area (Å²) in [6.07, 6.45) is 7.87. The van der Waals surface area contributed by atoms with Crippen LogP contribution in [0.15, 0.2) is 6.33 Å². The molecule has 0 spiro atoms. The number of rotatable bonds is 6. The van der Waals surface area contributed by atoms with E-state index in [4.69, 9.17) is 9.47 Å². The van der Waals surface area contributed by atoms with Crippen molar-refractivity contribution in [2.45, 2.75) is 96.3 Å². The lowest BCUT2D eigenvalue weighted by Gasteiger charge is -2.37. The summed E-state index contributed by atoms with van der Waals surface area (Å²) in [5.41, 5.74) is 0.808. The van der Waals surface area contributed by atoms with E-state index >= 15 is 0 Å². The van der Waals surface area contributed by atoms with Gasteiger partial charge in [-0.2, -0.15) is 0 Å². The van der Waals surface area contributed by atoms with Crippen LogP contribution in [0.25, 0.3) is 10.2 Å². The van der Waals surface area contributed by atoms with Crippen LogP contribution in [0.5, 0.6) is 5.88 Å². The molecular formula is C24H35N3O4S. The zero-order chi connectivity index (χ0) is 22.9. The van der Waals surface area contributed by atoms with E-state index in [1.165, 1.54) is 10.4 Å². The van der Waals surface area contributed by atoms with E-state index in [9.17, 15) is 9.90 Å². The third kappa shape index (κ3) is 4.86. The second-order valence-corrected chi connectivity index (χ2v) is 10.9. The predicted molar refractivity (Wildman–Crippen MR) is 125 cm³/mol. The molecule has 0 aliphatic heterocycles. The first-order chi connectivity index (χ1) is 15.3. The molecule has 1 saturated carbocycles. The van der Waals surface area contributed by atoms with Crippen LogP contribution in [0.2, 0.25) is 0 Å². The maximum Gasteiger partial charge on any atom is 0.410 e. The summed E-state index contributed by atoms with van der Waals surface area (Å²) in [5.74, 6) is 1.04. The highest BCUT2D eigenvalue weighted by atomic mass is 32.1. The summed E-state index contributed by atoms with van der Waals surface area (Å²) in [7, 11) is 0. The Morgan fingerprint density at radius 1 is 1.22 bits per heavy atom. The lowest BCUT2D eigenvalue weighted by molar-refractivity contribution is 0.00812. The number of hydrogen-bond donors (Lipinski definition) is 1. The molecule has 176 valence electrons. The van der Waals surface area contributed by atoms with Gasteiger partial charge in [0, 0.05) is 24.1 Å². The van der Waals surface area contributed by atoms with Crippen LogP contribution in [0, 0.1) is 0 Å². The van der Waals surface area contributed by atoms with Crippen LogP contribution >= 0.6 is 11.3 Å². The number of fused-ring (bicyclic) bond motifs is 3. The van der Waals surface area contributed by atoms with Crippen molar-refractivity contribution in [1.82, 2.24) is 14.9 Å². The van der Waals surface area contributed by atoms with Gasteiger partial charge in [0.1, 0.15) is 22.9 Å². The highest BCUT2D eigenvalue weighted by Crippen LogP contribution is 2.47. The van der Waals surface area contributed by atoms with Crippen LogP contribution in [0.4, 0.5) is 4.79 Å². The Hall–Kier alpha value is -1.93. The quantitative estimate of drug-likeness (QED) is 0.648. The highest BCUT2D eigenvalue weighted by molar-refractivity contribution is 7.19. The number of thiophene rings is 1. The molecule has 0 radical (unpaired) electrons. The number of aliphatic hydroxyl groups excluding tert-OH is 1. The molecule has 7 nitrogen and oxygen atoms in total. The molecular weight excluding hydrogens is 426 g/mol. The van der Waals surface area contributed by atoms with Crippen molar-refractivity contribution >= 4 is 27.6 Å². The molecule has 1 fully saturated rings. The summed E-state index contributed by atoms with van der Waals surface area (Å²) in [4.78, 5) is 25.8. The molecule has 0 unspecified atom stereocenters. The van der Waals surface area contributed by atoms with Gasteiger partial charge in [-0.25, -0.2) is 14.8 Å². The Kier molecular flexibility index (Phi) is 6.91. The Morgan fingerprint density at radius 3 is 2.62 bits per heavy atom. The minimum absolute atomic E-state index is 0.0786. The number of amides is 1. The number of ether oxygens (including phenoxy) is 2. The number of aliphatic hydroxyl groups is 1. The predicted octanol–water partition coefficient (Wildman–Crippen LogP) is 5.05. The molecule has 1 N–H and O–H groups in total. The first-order valence-corrected chi connectivity index (χ1v) is 12.7. The van der Waals surface area contributed by atoms with E-state index in [0.717, 1.165) is 55.2 Å². The third-order valence-electron chi connectivity index (χ3n) is 6.50. The molecule has 1 atom stereocenters. The molecule has 2 heterocycles. The Morgan fingerprint density at radius 2 is 1.97 bits per heavy atom. The van der Waals surface area contributed by atoms with E-state index in [1.54, 1.807) is 17.7 Å². The van der Waals surface area contributed by atoms with Crippen molar-refractivity contribution in [1.29, 1.82) is 0 Å². The van der Waals surface area contributed by atoms with Gasteiger partial charge in [-0.3, -0.25) is 0 Å². The molecule has 0 saturated heterocycles. The van der Waals surface area contributed by atoms with Gasteiger partial charge in [0.05, 0.1) is 5.39 Å². The van der Waals surface area contributed by atoms with E-state index < -0.39 is 5.60 Å². The van der Waals surface area contributed by atoms with Gasteiger partial charge in [-0.15, -0.1) is 11.3 Å². The summed E-state index contributed by atoms with van der Waals surface area (Å²) >= 11 is 1.74. The first kappa shape index (κ1) is 23.2. The minimum atomic E-state index is -0.488. The zero-order valence-electron chi connectivity index (χ0n) is 19.6. The highest BCUT2D eigenvalue weighted by Gasteiger charge is 2.33. The van der Waals surface area contributed by atoms with Crippen molar-refractivity contribution in [3.8, 4) is 5.88 Å². The average molecular weight is 462 g/mol. The monoisotopic (exact) mass is 461 g/mol. The van der Waals surface area contributed by atoms with Gasteiger partial charge in [-0.05, 0) is 84.1 Å². The SMILES string of the molecule is CCN(C(=O)OC(C)(C)C)[C@H]1CC[C@H](Oc2ncnc3sc4c(c23)[C@@H](CCO)CC4)CC1. The first-order valence-electron chi connectivity index (χ1n) is 11.8. The zero-order valence-corrected chi connectivity index (χ0v) is 20.4. The van der Waals surface area contributed by atoms with Crippen LogP contribution in [-0.4, -0.2) is 57.0 Å². The number of carbonyl (C=O) groups is 1. The molecule has 2 aliphatic rings.